The lowest BCUT2D eigenvalue weighted by atomic mass is 10.1. The molecule has 1 aromatic carbocycles. The van der Waals surface area contributed by atoms with E-state index in [0.29, 0.717) is 0 Å². The van der Waals surface area contributed by atoms with Gasteiger partial charge in [-0.2, -0.15) is 8.42 Å². The number of aromatic nitrogens is 1. The van der Waals surface area contributed by atoms with Crippen LogP contribution < -0.4 is 5.14 Å². The van der Waals surface area contributed by atoms with Crippen molar-refractivity contribution in [2.45, 2.75) is 6.61 Å². The highest BCUT2D eigenvalue weighted by Crippen LogP contribution is 2.17. The van der Waals surface area contributed by atoms with E-state index < -0.39 is 10.3 Å². The Morgan fingerprint density at radius 3 is 2.75 bits per heavy atom. The van der Waals surface area contributed by atoms with Crippen molar-refractivity contribution in [3.8, 4) is 0 Å². The summed E-state index contributed by atoms with van der Waals surface area (Å²) >= 11 is 0. The molecule has 0 aliphatic heterocycles. The first-order valence-corrected chi connectivity index (χ1v) is 6.03. The highest BCUT2D eigenvalue weighted by Gasteiger charge is 2.06. The summed E-state index contributed by atoms with van der Waals surface area (Å²) < 4.78 is 25.9. The Labute approximate surface area is 93.1 Å². The van der Waals surface area contributed by atoms with E-state index in [4.69, 9.17) is 5.14 Å². The highest BCUT2D eigenvalue weighted by atomic mass is 32.2. The van der Waals surface area contributed by atoms with Crippen LogP contribution in [0.2, 0.25) is 0 Å². The number of benzene rings is 1. The Bertz CT molecular complexity index is 605. The molecule has 2 rings (SSSR count). The second-order valence-corrected chi connectivity index (χ2v) is 4.46. The molecule has 84 valence electrons. The van der Waals surface area contributed by atoms with Crippen LogP contribution in [0.4, 0.5) is 0 Å². The van der Waals surface area contributed by atoms with Crippen LogP contribution >= 0.6 is 0 Å². The Hall–Kier alpha value is -1.50. The van der Waals surface area contributed by atoms with E-state index >= 15 is 0 Å². The van der Waals surface area contributed by atoms with Gasteiger partial charge in [0.15, 0.2) is 0 Å². The number of hydrogen-bond acceptors (Lipinski definition) is 4. The van der Waals surface area contributed by atoms with Gasteiger partial charge in [-0.3, -0.25) is 9.17 Å². The van der Waals surface area contributed by atoms with Crippen molar-refractivity contribution in [1.82, 2.24) is 4.98 Å². The maximum absolute atomic E-state index is 10.7. The number of fused-ring (bicyclic) bond motifs is 1. The second kappa shape index (κ2) is 4.17. The second-order valence-electron chi connectivity index (χ2n) is 3.24. The van der Waals surface area contributed by atoms with Crippen LogP contribution in [0, 0.1) is 0 Å². The van der Waals surface area contributed by atoms with Crippen molar-refractivity contribution in [1.29, 1.82) is 0 Å². The van der Waals surface area contributed by atoms with Gasteiger partial charge in [-0.25, -0.2) is 5.14 Å². The van der Waals surface area contributed by atoms with E-state index in [0.717, 1.165) is 16.5 Å². The first kappa shape index (κ1) is 11.0. The van der Waals surface area contributed by atoms with Gasteiger partial charge in [0.25, 0.3) is 0 Å². The third-order valence-corrected chi connectivity index (χ3v) is 2.56. The van der Waals surface area contributed by atoms with E-state index in [2.05, 4.69) is 9.17 Å². The van der Waals surface area contributed by atoms with Crippen molar-refractivity contribution >= 4 is 21.2 Å². The van der Waals surface area contributed by atoms with Crippen LogP contribution in [0.25, 0.3) is 10.9 Å². The number of hydrogen-bond donors (Lipinski definition) is 1. The number of pyridine rings is 1. The van der Waals surface area contributed by atoms with Gasteiger partial charge in [-0.05, 0) is 17.7 Å². The monoisotopic (exact) mass is 238 g/mol. The molecule has 0 aliphatic carbocycles. The lowest BCUT2D eigenvalue weighted by Gasteiger charge is -2.04. The summed E-state index contributed by atoms with van der Waals surface area (Å²) in [5.74, 6) is 0. The number of nitrogens with zero attached hydrogens (tertiary/aromatic N) is 1. The van der Waals surface area contributed by atoms with Crippen LogP contribution in [0.5, 0.6) is 0 Å². The Morgan fingerprint density at radius 2 is 2.00 bits per heavy atom. The fourth-order valence-electron chi connectivity index (χ4n) is 1.43. The van der Waals surface area contributed by atoms with Crippen molar-refractivity contribution in [2.75, 3.05) is 0 Å². The molecule has 0 amide bonds. The van der Waals surface area contributed by atoms with E-state index in [1.165, 1.54) is 0 Å². The molecule has 0 bridgehead atoms. The first-order valence-electron chi connectivity index (χ1n) is 4.56. The van der Waals surface area contributed by atoms with Crippen LogP contribution in [0.3, 0.4) is 0 Å². The molecule has 16 heavy (non-hydrogen) atoms. The van der Waals surface area contributed by atoms with Crippen molar-refractivity contribution < 1.29 is 12.6 Å². The number of para-hydroxylation sites is 1. The van der Waals surface area contributed by atoms with Gasteiger partial charge in [-0.15, -0.1) is 0 Å². The van der Waals surface area contributed by atoms with Crippen molar-refractivity contribution in [2.24, 2.45) is 5.14 Å². The third kappa shape index (κ3) is 2.54. The van der Waals surface area contributed by atoms with Crippen LogP contribution in [0.15, 0.2) is 36.5 Å². The van der Waals surface area contributed by atoms with Gasteiger partial charge in [0.2, 0.25) is 0 Å². The quantitative estimate of drug-likeness (QED) is 0.863. The van der Waals surface area contributed by atoms with Crippen LogP contribution in [-0.4, -0.2) is 13.4 Å². The van der Waals surface area contributed by atoms with E-state index in [1.54, 1.807) is 12.3 Å². The minimum absolute atomic E-state index is 0.0815. The zero-order chi connectivity index (χ0) is 11.6. The summed E-state index contributed by atoms with van der Waals surface area (Å²) in [5.41, 5.74) is 1.53. The lowest BCUT2D eigenvalue weighted by Crippen LogP contribution is -2.15. The van der Waals surface area contributed by atoms with E-state index in [1.807, 2.05) is 24.3 Å². The Balaban J connectivity index is 2.38. The molecule has 1 heterocycles. The summed E-state index contributed by atoms with van der Waals surface area (Å²) in [5, 5.41) is 5.62. The minimum atomic E-state index is -3.91. The molecule has 2 N–H and O–H groups in total. The van der Waals surface area contributed by atoms with Gasteiger partial charge >= 0.3 is 10.3 Å². The summed E-state index contributed by atoms with van der Waals surface area (Å²) in [4.78, 5) is 4.15. The summed E-state index contributed by atoms with van der Waals surface area (Å²) in [6.45, 7) is -0.0815. The fourth-order valence-corrected chi connectivity index (χ4v) is 1.72. The van der Waals surface area contributed by atoms with Gasteiger partial charge in [0.1, 0.15) is 0 Å². The predicted molar refractivity (Wildman–Crippen MR) is 59.6 cm³/mol. The fraction of sp³-hybridized carbons (Fsp3) is 0.100. The SMILES string of the molecule is NS(=O)(=O)OCc1ccnc2ccccc12. The van der Waals surface area contributed by atoms with Gasteiger partial charge < -0.3 is 0 Å². The molecule has 5 nitrogen and oxygen atoms in total. The Morgan fingerprint density at radius 1 is 1.25 bits per heavy atom. The molecule has 0 atom stereocenters. The molecule has 2 aromatic rings. The van der Waals surface area contributed by atoms with Crippen molar-refractivity contribution in [3.63, 3.8) is 0 Å². The number of rotatable bonds is 3. The first-order chi connectivity index (χ1) is 7.56. The molecule has 0 aliphatic rings. The zero-order valence-corrected chi connectivity index (χ0v) is 9.15. The highest BCUT2D eigenvalue weighted by molar-refractivity contribution is 7.84. The average molecular weight is 238 g/mol. The molecular weight excluding hydrogens is 228 g/mol. The molecule has 0 saturated carbocycles. The molecule has 0 saturated heterocycles. The maximum Gasteiger partial charge on any atom is 0.333 e. The lowest BCUT2D eigenvalue weighted by molar-refractivity contribution is 0.310. The summed E-state index contributed by atoms with van der Waals surface area (Å²) in [6, 6.07) is 9.11. The summed E-state index contributed by atoms with van der Waals surface area (Å²) in [7, 11) is -3.91. The van der Waals surface area contributed by atoms with Gasteiger partial charge in [-0.1, -0.05) is 18.2 Å². The molecule has 1 aromatic heterocycles. The summed E-state index contributed by atoms with van der Waals surface area (Å²) in [6.07, 6.45) is 1.60. The standard InChI is InChI=1S/C10H10N2O3S/c11-16(13,14)15-7-8-5-6-12-10-4-2-1-3-9(8)10/h1-6H,7H2,(H2,11,13,14). The maximum atomic E-state index is 10.7. The van der Waals surface area contributed by atoms with E-state index in [9.17, 15) is 8.42 Å². The number of nitrogens with two attached hydrogens (primary N) is 1. The van der Waals surface area contributed by atoms with Crippen molar-refractivity contribution in [3.05, 3.63) is 42.1 Å². The predicted octanol–water partition coefficient (Wildman–Crippen LogP) is 0.955. The normalized spacial score (nSPS) is 11.8. The van der Waals surface area contributed by atoms with Crippen LogP contribution in [-0.2, 0) is 21.1 Å². The van der Waals surface area contributed by atoms with E-state index in [-0.39, 0.29) is 6.61 Å². The molecular formula is C10H10N2O3S. The molecule has 0 unspecified atom stereocenters. The Kier molecular flexibility index (Phi) is 2.86. The average Bonchev–Trinajstić information content (AvgIpc) is 2.25. The largest absolute Gasteiger partial charge is 0.333 e. The smallest absolute Gasteiger partial charge is 0.256 e. The minimum Gasteiger partial charge on any atom is -0.256 e. The molecule has 6 heteroatoms. The molecule has 0 fully saturated rings. The zero-order valence-electron chi connectivity index (χ0n) is 8.33. The van der Waals surface area contributed by atoms with Gasteiger partial charge in [0.05, 0.1) is 12.1 Å². The molecule has 0 spiro atoms. The van der Waals surface area contributed by atoms with Crippen LogP contribution in [0.1, 0.15) is 5.56 Å². The third-order valence-electron chi connectivity index (χ3n) is 2.12. The topological polar surface area (TPSA) is 82.3 Å². The van der Waals surface area contributed by atoms with Gasteiger partial charge in [0, 0.05) is 11.6 Å². The molecule has 0 radical (unpaired) electrons.